The van der Waals surface area contributed by atoms with Crippen molar-refractivity contribution in [2.24, 2.45) is 4.99 Å². The van der Waals surface area contributed by atoms with Gasteiger partial charge in [-0.2, -0.15) is 0 Å². The lowest BCUT2D eigenvalue weighted by atomic mass is 10.0. The first kappa shape index (κ1) is 13.3. The van der Waals surface area contributed by atoms with Crippen LogP contribution in [0.3, 0.4) is 0 Å². The average Bonchev–Trinajstić information content (AvgIpc) is 2.55. The minimum Gasteiger partial charge on any atom is -0.248 e. The lowest BCUT2D eigenvalue weighted by Gasteiger charge is -2.08. The molecule has 0 atom stereocenters. The Balaban J connectivity index is 2.12. The van der Waals surface area contributed by atoms with Crippen molar-refractivity contribution < 1.29 is 0 Å². The van der Waals surface area contributed by atoms with Crippen molar-refractivity contribution in [3.05, 3.63) is 102 Å². The molecule has 3 rings (SSSR count). The SMILES string of the molecule is Cc1ccc(C(=Nc2ccccc2)c2ccccc2)cc1. The predicted octanol–water partition coefficient (Wildman–Crippen LogP) is 5.16. The molecule has 0 aliphatic rings. The second-order valence-corrected chi connectivity index (χ2v) is 5.03. The summed E-state index contributed by atoms with van der Waals surface area (Å²) >= 11 is 0. The Hall–Kier alpha value is -2.67. The van der Waals surface area contributed by atoms with Crippen LogP contribution in [0.15, 0.2) is 89.9 Å². The molecule has 3 aromatic rings. The second-order valence-electron chi connectivity index (χ2n) is 5.03. The summed E-state index contributed by atoms with van der Waals surface area (Å²) in [6.07, 6.45) is 0. The van der Waals surface area contributed by atoms with Crippen LogP contribution < -0.4 is 0 Å². The minimum atomic E-state index is 0.969. The number of para-hydroxylation sites is 1. The van der Waals surface area contributed by atoms with Gasteiger partial charge in [0.05, 0.1) is 11.4 Å². The van der Waals surface area contributed by atoms with E-state index in [0.717, 1.165) is 22.5 Å². The molecule has 0 spiro atoms. The summed E-state index contributed by atoms with van der Waals surface area (Å²) in [5, 5.41) is 0. The van der Waals surface area contributed by atoms with Gasteiger partial charge in [-0.25, -0.2) is 4.99 Å². The van der Waals surface area contributed by atoms with Crippen molar-refractivity contribution >= 4 is 11.4 Å². The summed E-state index contributed by atoms with van der Waals surface area (Å²) in [6, 6.07) is 28.9. The van der Waals surface area contributed by atoms with Crippen molar-refractivity contribution in [1.82, 2.24) is 0 Å². The maximum atomic E-state index is 4.85. The van der Waals surface area contributed by atoms with E-state index < -0.39 is 0 Å². The molecule has 21 heavy (non-hydrogen) atoms. The molecule has 0 radical (unpaired) electrons. The van der Waals surface area contributed by atoms with Gasteiger partial charge in [0.1, 0.15) is 0 Å². The first-order valence-electron chi connectivity index (χ1n) is 7.09. The van der Waals surface area contributed by atoms with Crippen molar-refractivity contribution in [2.75, 3.05) is 0 Å². The molecule has 0 fully saturated rings. The van der Waals surface area contributed by atoms with E-state index in [4.69, 9.17) is 4.99 Å². The first-order chi connectivity index (χ1) is 10.3. The summed E-state index contributed by atoms with van der Waals surface area (Å²) in [7, 11) is 0. The van der Waals surface area contributed by atoms with Crippen molar-refractivity contribution in [3.63, 3.8) is 0 Å². The molecule has 1 nitrogen and oxygen atoms in total. The van der Waals surface area contributed by atoms with E-state index in [2.05, 4.69) is 43.3 Å². The van der Waals surface area contributed by atoms with Gasteiger partial charge in [0.15, 0.2) is 0 Å². The van der Waals surface area contributed by atoms with Crippen molar-refractivity contribution in [1.29, 1.82) is 0 Å². The topological polar surface area (TPSA) is 12.4 Å². The molecule has 0 heterocycles. The molecular weight excluding hydrogens is 254 g/mol. The van der Waals surface area contributed by atoms with Gasteiger partial charge in [0.2, 0.25) is 0 Å². The number of hydrogen-bond donors (Lipinski definition) is 0. The highest BCUT2D eigenvalue weighted by Gasteiger charge is 2.06. The molecule has 3 aromatic carbocycles. The van der Waals surface area contributed by atoms with Crippen molar-refractivity contribution in [2.45, 2.75) is 6.92 Å². The van der Waals surface area contributed by atoms with Crippen LogP contribution >= 0.6 is 0 Å². The summed E-state index contributed by atoms with van der Waals surface area (Å²) in [4.78, 5) is 4.85. The zero-order chi connectivity index (χ0) is 14.5. The smallest absolute Gasteiger partial charge is 0.0781 e. The number of nitrogens with zero attached hydrogens (tertiary/aromatic N) is 1. The van der Waals surface area contributed by atoms with E-state index >= 15 is 0 Å². The normalized spacial score (nSPS) is 11.4. The third-order valence-corrected chi connectivity index (χ3v) is 3.37. The third-order valence-electron chi connectivity index (χ3n) is 3.37. The Morgan fingerprint density at radius 1 is 0.619 bits per heavy atom. The Morgan fingerprint density at radius 3 is 1.76 bits per heavy atom. The number of hydrogen-bond acceptors (Lipinski definition) is 1. The minimum absolute atomic E-state index is 0.969. The molecule has 0 unspecified atom stereocenters. The van der Waals surface area contributed by atoms with Crippen LogP contribution in [0.4, 0.5) is 5.69 Å². The average molecular weight is 271 g/mol. The zero-order valence-electron chi connectivity index (χ0n) is 12.0. The van der Waals surface area contributed by atoms with Crippen LogP contribution in [0.5, 0.6) is 0 Å². The highest BCUT2D eigenvalue weighted by molar-refractivity contribution is 6.13. The lowest BCUT2D eigenvalue weighted by molar-refractivity contribution is 1.43. The number of rotatable bonds is 3. The summed E-state index contributed by atoms with van der Waals surface area (Å²) in [5.74, 6) is 0. The molecule has 0 saturated carbocycles. The fourth-order valence-electron chi connectivity index (χ4n) is 2.23. The van der Waals surface area contributed by atoms with E-state index in [1.54, 1.807) is 0 Å². The second kappa shape index (κ2) is 6.19. The molecule has 0 amide bonds. The summed E-state index contributed by atoms with van der Waals surface area (Å²) in [6.45, 7) is 2.10. The molecule has 0 N–H and O–H groups in total. The first-order valence-corrected chi connectivity index (χ1v) is 7.09. The summed E-state index contributed by atoms with van der Waals surface area (Å²) < 4.78 is 0. The van der Waals surface area contributed by atoms with Gasteiger partial charge in [-0.05, 0) is 19.1 Å². The molecule has 0 aliphatic heterocycles. The van der Waals surface area contributed by atoms with Crippen LogP contribution in [-0.2, 0) is 0 Å². The van der Waals surface area contributed by atoms with Crippen LogP contribution in [0.2, 0.25) is 0 Å². The lowest BCUT2D eigenvalue weighted by Crippen LogP contribution is -2.02. The fourth-order valence-corrected chi connectivity index (χ4v) is 2.23. The van der Waals surface area contributed by atoms with Gasteiger partial charge in [0.25, 0.3) is 0 Å². The Morgan fingerprint density at radius 2 is 1.14 bits per heavy atom. The third kappa shape index (κ3) is 3.26. The summed E-state index contributed by atoms with van der Waals surface area (Å²) in [5.41, 5.74) is 5.49. The largest absolute Gasteiger partial charge is 0.248 e. The fraction of sp³-hybridized carbons (Fsp3) is 0.0500. The van der Waals surface area contributed by atoms with Gasteiger partial charge in [-0.3, -0.25) is 0 Å². The Labute approximate surface area is 125 Å². The molecule has 0 aliphatic carbocycles. The monoisotopic (exact) mass is 271 g/mol. The van der Waals surface area contributed by atoms with Crippen LogP contribution in [0.1, 0.15) is 16.7 Å². The molecule has 0 bridgehead atoms. The van der Waals surface area contributed by atoms with E-state index in [9.17, 15) is 0 Å². The Kier molecular flexibility index (Phi) is 3.92. The van der Waals surface area contributed by atoms with Crippen LogP contribution in [-0.4, -0.2) is 5.71 Å². The number of benzene rings is 3. The molecular formula is C20H17N. The van der Waals surface area contributed by atoms with Gasteiger partial charge in [-0.1, -0.05) is 78.4 Å². The highest BCUT2D eigenvalue weighted by Crippen LogP contribution is 2.18. The van der Waals surface area contributed by atoms with E-state index in [1.165, 1.54) is 5.56 Å². The molecule has 0 aromatic heterocycles. The van der Waals surface area contributed by atoms with Gasteiger partial charge >= 0.3 is 0 Å². The number of aliphatic imine (C=N–C) groups is 1. The van der Waals surface area contributed by atoms with E-state index in [-0.39, 0.29) is 0 Å². The van der Waals surface area contributed by atoms with E-state index in [0.29, 0.717) is 0 Å². The Bertz CT molecular complexity index is 726. The quantitative estimate of drug-likeness (QED) is 0.583. The van der Waals surface area contributed by atoms with Crippen LogP contribution in [0, 0.1) is 6.92 Å². The standard InChI is InChI=1S/C20H17N/c1-16-12-14-18(15-13-16)20(17-8-4-2-5-9-17)21-19-10-6-3-7-11-19/h2-15H,1H3. The van der Waals surface area contributed by atoms with E-state index in [1.807, 2.05) is 48.5 Å². The van der Waals surface area contributed by atoms with Gasteiger partial charge in [-0.15, -0.1) is 0 Å². The molecule has 1 heteroatoms. The highest BCUT2D eigenvalue weighted by atomic mass is 14.7. The molecule has 0 saturated heterocycles. The zero-order valence-corrected chi connectivity index (χ0v) is 12.0. The van der Waals surface area contributed by atoms with Gasteiger partial charge in [0, 0.05) is 11.1 Å². The maximum Gasteiger partial charge on any atom is 0.0781 e. The van der Waals surface area contributed by atoms with Gasteiger partial charge < -0.3 is 0 Å². The maximum absolute atomic E-state index is 4.85. The number of aryl methyl sites for hydroxylation is 1. The predicted molar refractivity (Wildman–Crippen MR) is 89.4 cm³/mol. The molecule has 102 valence electrons. The van der Waals surface area contributed by atoms with Crippen molar-refractivity contribution in [3.8, 4) is 0 Å². The van der Waals surface area contributed by atoms with Crippen LogP contribution in [0.25, 0.3) is 0 Å².